The van der Waals surface area contributed by atoms with Crippen molar-refractivity contribution < 1.29 is 33.2 Å². The number of hydrogen-bond donors (Lipinski definition) is 1. The highest BCUT2D eigenvalue weighted by molar-refractivity contribution is 5.89. The summed E-state index contributed by atoms with van der Waals surface area (Å²) in [5.41, 5.74) is 0.356. The van der Waals surface area contributed by atoms with E-state index < -0.39 is 42.5 Å². The fourth-order valence-electron chi connectivity index (χ4n) is 2.71. The quantitative estimate of drug-likeness (QED) is 0.844. The average Bonchev–Trinajstić information content (AvgIpc) is 2.99. The van der Waals surface area contributed by atoms with Crippen LogP contribution in [0.3, 0.4) is 0 Å². The molecule has 0 bridgehead atoms. The number of carbonyl (C=O) groups is 1. The molecule has 3 rings (SSSR count). The SMILES string of the molecule is CC1(C)O[C@H]2O[C@H]([C@H](O)COC(=O)c3ccccc3)[C@H](F)[C@H]2O1. The lowest BCUT2D eigenvalue weighted by Crippen LogP contribution is -2.41. The van der Waals surface area contributed by atoms with Crippen LogP contribution in [0.15, 0.2) is 30.3 Å². The van der Waals surface area contributed by atoms with Crippen molar-refractivity contribution in [3.8, 4) is 0 Å². The molecule has 2 aliphatic heterocycles. The Morgan fingerprint density at radius 1 is 1.35 bits per heavy atom. The van der Waals surface area contributed by atoms with Gasteiger partial charge in [-0.05, 0) is 26.0 Å². The molecule has 1 aromatic carbocycles. The number of alkyl halides is 1. The third-order valence-corrected chi connectivity index (χ3v) is 3.78. The molecule has 1 aromatic rings. The van der Waals surface area contributed by atoms with Crippen LogP contribution in [0.25, 0.3) is 0 Å². The van der Waals surface area contributed by atoms with Crippen molar-refractivity contribution in [3.63, 3.8) is 0 Å². The van der Waals surface area contributed by atoms with Crippen LogP contribution >= 0.6 is 0 Å². The minimum absolute atomic E-state index is 0.356. The monoisotopic (exact) mass is 326 g/mol. The molecular formula is C16H19FO6. The molecule has 2 heterocycles. The van der Waals surface area contributed by atoms with E-state index in [1.54, 1.807) is 44.2 Å². The maximum absolute atomic E-state index is 14.4. The molecule has 7 heteroatoms. The van der Waals surface area contributed by atoms with Crippen molar-refractivity contribution in [2.24, 2.45) is 0 Å². The van der Waals surface area contributed by atoms with Gasteiger partial charge in [-0.1, -0.05) is 18.2 Å². The molecule has 2 aliphatic rings. The van der Waals surface area contributed by atoms with Gasteiger partial charge in [0.2, 0.25) is 0 Å². The predicted molar refractivity (Wildman–Crippen MR) is 76.3 cm³/mol. The minimum Gasteiger partial charge on any atom is -0.459 e. The van der Waals surface area contributed by atoms with E-state index in [0.29, 0.717) is 5.56 Å². The lowest BCUT2D eigenvalue weighted by molar-refractivity contribution is -0.222. The largest absolute Gasteiger partial charge is 0.459 e. The normalized spacial score (nSPS) is 33.2. The second kappa shape index (κ2) is 6.16. The Balaban J connectivity index is 1.54. The first-order chi connectivity index (χ1) is 10.9. The van der Waals surface area contributed by atoms with E-state index in [4.69, 9.17) is 18.9 Å². The molecule has 0 spiro atoms. The van der Waals surface area contributed by atoms with Gasteiger partial charge in [-0.15, -0.1) is 0 Å². The Bertz CT molecular complexity index is 563. The van der Waals surface area contributed by atoms with E-state index >= 15 is 0 Å². The molecule has 1 N–H and O–H groups in total. The number of hydrogen-bond acceptors (Lipinski definition) is 6. The maximum Gasteiger partial charge on any atom is 0.338 e. The number of carbonyl (C=O) groups excluding carboxylic acids is 1. The van der Waals surface area contributed by atoms with Crippen molar-refractivity contribution in [2.75, 3.05) is 6.61 Å². The summed E-state index contributed by atoms with van der Waals surface area (Å²) in [6.07, 6.45) is -5.80. The number of fused-ring (bicyclic) bond motifs is 1. The smallest absolute Gasteiger partial charge is 0.338 e. The summed E-state index contributed by atoms with van der Waals surface area (Å²) in [5.74, 6) is -1.51. The Morgan fingerprint density at radius 3 is 2.70 bits per heavy atom. The summed E-state index contributed by atoms with van der Waals surface area (Å²) in [7, 11) is 0. The third kappa shape index (κ3) is 3.37. The predicted octanol–water partition coefficient (Wildman–Crippen LogP) is 1.42. The number of esters is 1. The Morgan fingerprint density at radius 2 is 2.04 bits per heavy atom. The summed E-state index contributed by atoms with van der Waals surface area (Å²) >= 11 is 0. The van der Waals surface area contributed by atoms with E-state index in [1.165, 1.54) is 0 Å². The number of aliphatic hydroxyl groups excluding tert-OH is 1. The summed E-state index contributed by atoms with van der Waals surface area (Å²) < 4.78 is 35.6. The van der Waals surface area contributed by atoms with Crippen molar-refractivity contribution in [2.45, 2.75) is 50.4 Å². The molecule has 0 aliphatic carbocycles. The van der Waals surface area contributed by atoms with Gasteiger partial charge >= 0.3 is 5.97 Å². The molecule has 2 saturated heterocycles. The van der Waals surface area contributed by atoms with Crippen molar-refractivity contribution in [3.05, 3.63) is 35.9 Å². The van der Waals surface area contributed by atoms with Gasteiger partial charge in [-0.25, -0.2) is 9.18 Å². The molecule has 0 aromatic heterocycles. The lowest BCUT2D eigenvalue weighted by atomic mass is 10.1. The van der Waals surface area contributed by atoms with Gasteiger partial charge in [0.25, 0.3) is 0 Å². The molecule has 0 saturated carbocycles. The van der Waals surface area contributed by atoms with Gasteiger partial charge in [0.05, 0.1) is 5.56 Å². The van der Waals surface area contributed by atoms with Crippen LogP contribution in [0.5, 0.6) is 0 Å². The summed E-state index contributed by atoms with van der Waals surface area (Å²) in [4.78, 5) is 11.8. The number of halogens is 1. The first-order valence-corrected chi connectivity index (χ1v) is 7.43. The molecule has 5 atom stereocenters. The van der Waals surface area contributed by atoms with Gasteiger partial charge in [0.1, 0.15) is 24.9 Å². The zero-order valence-electron chi connectivity index (χ0n) is 12.8. The first-order valence-electron chi connectivity index (χ1n) is 7.43. The summed E-state index contributed by atoms with van der Waals surface area (Å²) in [5, 5.41) is 10.0. The van der Waals surface area contributed by atoms with Crippen molar-refractivity contribution in [1.29, 1.82) is 0 Å². The van der Waals surface area contributed by atoms with Gasteiger partial charge in [-0.3, -0.25) is 0 Å². The fourth-order valence-corrected chi connectivity index (χ4v) is 2.71. The second-order valence-corrected chi connectivity index (χ2v) is 6.05. The molecule has 6 nitrogen and oxygen atoms in total. The highest BCUT2D eigenvalue weighted by Crippen LogP contribution is 2.39. The lowest BCUT2D eigenvalue weighted by Gasteiger charge is -2.24. The van der Waals surface area contributed by atoms with Crippen LogP contribution in [0.2, 0.25) is 0 Å². The Labute approximate surface area is 133 Å². The minimum atomic E-state index is -1.56. The highest BCUT2D eigenvalue weighted by atomic mass is 19.1. The fraction of sp³-hybridized carbons (Fsp3) is 0.562. The third-order valence-electron chi connectivity index (χ3n) is 3.78. The molecule has 2 fully saturated rings. The molecule has 0 unspecified atom stereocenters. The molecule has 23 heavy (non-hydrogen) atoms. The van der Waals surface area contributed by atoms with E-state index in [1.807, 2.05) is 0 Å². The number of rotatable bonds is 4. The van der Waals surface area contributed by atoms with Crippen molar-refractivity contribution >= 4 is 5.97 Å². The van der Waals surface area contributed by atoms with Crippen LogP contribution in [-0.4, -0.2) is 54.2 Å². The number of aliphatic hydroxyl groups is 1. The van der Waals surface area contributed by atoms with Gasteiger partial charge in [-0.2, -0.15) is 0 Å². The van der Waals surface area contributed by atoms with Crippen LogP contribution in [-0.2, 0) is 18.9 Å². The van der Waals surface area contributed by atoms with E-state index in [0.717, 1.165) is 0 Å². The highest BCUT2D eigenvalue weighted by Gasteiger charge is 2.57. The van der Waals surface area contributed by atoms with E-state index in [2.05, 4.69) is 0 Å². The second-order valence-electron chi connectivity index (χ2n) is 6.05. The molecule has 126 valence electrons. The topological polar surface area (TPSA) is 74.2 Å². The van der Waals surface area contributed by atoms with Gasteiger partial charge in [0.15, 0.2) is 18.2 Å². The molecule has 0 radical (unpaired) electrons. The first kappa shape index (κ1) is 16.3. The molecule has 0 amide bonds. The van der Waals surface area contributed by atoms with E-state index in [9.17, 15) is 14.3 Å². The zero-order valence-corrected chi connectivity index (χ0v) is 12.8. The Hall–Kier alpha value is -1.54. The van der Waals surface area contributed by atoms with Crippen LogP contribution in [0, 0.1) is 0 Å². The zero-order chi connectivity index (χ0) is 16.6. The summed E-state index contributed by atoms with van der Waals surface area (Å²) in [6, 6.07) is 8.34. The van der Waals surface area contributed by atoms with Gasteiger partial charge in [0, 0.05) is 0 Å². The number of benzene rings is 1. The van der Waals surface area contributed by atoms with Crippen LogP contribution < -0.4 is 0 Å². The van der Waals surface area contributed by atoms with E-state index in [-0.39, 0.29) is 6.61 Å². The average molecular weight is 326 g/mol. The Kier molecular flexibility index (Phi) is 4.37. The standard InChI is InChI=1S/C16H19FO6/c1-16(2)22-13-11(17)12(21-15(13)23-16)10(18)8-20-14(19)9-6-4-3-5-7-9/h3-7,10-13,15,18H,8H2,1-2H3/t10-,11+,12-,13-,15-/m1/s1. The van der Waals surface area contributed by atoms with Gasteiger partial charge < -0.3 is 24.1 Å². The summed E-state index contributed by atoms with van der Waals surface area (Å²) in [6.45, 7) is 2.95. The molecular weight excluding hydrogens is 307 g/mol. The maximum atomic E-state index is 14.4. The van der Waals surface area contributed by atoms with Crippen molar-refractivity contribution in [1.82, 2.24) is 0 Å². The van der Waals surface area contributed by atoms with Crippen LogP contribution in [0.4, 0.5) is 4.39 Å². The van der Waals surface area contributed by atoms with Crippen LogP contribution in [0.1, 0.15) is 24.2 Å². The number of ether oxygens (including phenoxy) is 4.